The van der Waals surface area contributed by atoms with Gasteiger partial charge in [-0.25, -0.2) is 5.01 Å². The summed E-state index contributed by atoms with van der Waals surface area (Å²) in [5, 5.41) is 12.0. The minimum atomic E-state index is -0.312. The third-order valence-corrected chi connectivity index (χ3v) is 5.17. The number of pyridine rings is 1. The predicted octanol–water partition coefficient (Wildman–Crippen LogP) is 1.25. The summed E-state index contributed by atoms with van der Waals surface area (Å²) in [4.78, 5) is 26.2. The normalized spacial score (nSPS) is 10.8. The summed E-state index contributed by atoms with van der Waals surface area (Å²) in [6.45, 7) is 0.271. The average Bonchev–Trinajstić information content (AvgIpc) is 2.75. The van der Waals surface area contributed by atoms with E-state index >= 15 is 0 Å². The van der Waals surface area contributed by atoms with E-state index in [1.807, 2.05) is 0 Å². The van der Waals surface area contributed by atoms with Crippen LogP contribution < -0.4 is 33.4 Å². The van der Waals surface area contributed by atoms with E-state index in [9.17, 15) is 9.59 Å². The summed E-state index contributed by atoms with van der Waals surface area (Å²) in [7, 11) is 5.35. The molecule has 0 radical (unpaired) electrons. The fraction of sp³-hybridized carbons (Fsp3) is 0.208. The van der Waals surface area contributed by atoms with Gasteiger partial charge < -0.3 is 32.5 Å². The summed E-state index contributed by atoms with van der Waals surface area (Å²) in [5.41, 5.74) is 24.4. The number of nitrogens with one attached hydrogen (secondary N) is 3. The van der Waals surface area contributed by atoms with Crippen LogP contribution in [0.2, 0.25) is 0 Å². The highest BCUT2D eigenvalue weighted by atomic mass is 16.1. The highest BCUT2D eigenvalue weighted by Gasteiger charge is 2.19. The highest BCUT2D eigenvalue weighted by molar-refractivity contribution is 5.94. The fourth-order valence-corrected chi connectivity index (χ4v) is 3.70. The number of hydrogen-bond donors (Lipinski definition) is 6. The zero-order valence-electron chi connectivity index (χ0n) is 19.5. The third kappa shape index (κ3) is 5.73. The summed E-state index contributed by atoms with van der Waals surface area (Å²) in [6, 6.07) is 12.1. The number of carbonyl (C=O) groups is 1. The van der Waals surface area contributed by atoms with Crippen molar-refractivity contribution in [1.82, 2.24) is 14.9 Å². The van der Waals surface area contributed by atoms with Gasteiger partial charge >= 0.3 is 0 Å². The molecular weight excluding hydrogens is 432 g/mol. The van der Waals surface area contributed by atoms with Gasteiger partial charge in [-0.15, -0.1) is 0 Å². The first-order valence-electron chi connectivity index (χ1n) is 10.6. The van der Waals surface area contributed by atoms with E-state index in [0.29, 0.717) is 39.4 Å². The average molecular weight is 463 g/mol. The Kier molecular flexibility index (Phi) is 7.22. The molecule has 0 saturated heterocycles. The molecule has 2 aromatic carbocycles. The molecule has 9 N–H and O–H groups in total. The number of aromatic nitrogens is 1. The van der Waals surface area contributed by atoms with Crippen LogP contribution in [0, 0.1) is 5.41 Å². The summed E-state index contributed by atoms with van der Waals surface area (Å²) >= 11 is 0. The number of aryl methyl sites for hydroxylation is 1. The number of anilines is 3. The second-order valence-electron chi connectivity index (χ2n) is 8.27. The zero-order valence-corrected chi connectivity index (χ0v) is 19.5. The van der Waals surface area contributed by atoms with E-state index < -0.39 is 0 Å². The lowest BCUT2D eigenvalue weighted by Gasteiger charge is -2.20. The number of carbonyl (C=O) groups excluding carboxylic acids is 1. The van der Waals surface area contributed by atoms with Crippen molar-refractivity contribution in [2.24, 2.45) is 12.8 Å². The van der Waals surface area contributed by atoms with Crippen molar-refractivity contribution in [3.05, 3.63) is 75.6 Å². The van der Waals surface area contributed by atoms with Crippen molar-refractivity contribution >= 4 is 28.8 Å². The molecule has 0 fully saturated rings. The first-order chi connectivity index (χ1) is 16.0. The van der Waals surface area contributed by atoms with Crippen LogP contribution in [-0.2, 0) is 24.8 Å². The van der Waals surface area contributed by atoms with E-state index in [-0.39, 0.29) is 30.1 Å². The van der Waals surface area contributed by atoms with Crippen LogP contribution in [0.5, 0.6) is 0 Å². The number of nitrogens with zero attached hydrogens (tertiary/aromatic N) is 2. The molecule has 0 aliphatic carbocycles. The van der Waals surface area contributed by atoms with E-state index in [0.717, 1.165) is 5.56 Å². The number of hydrazine groups is 1. The number of amides is 1. The second-order valence-corrected chi connectivity index (χ2v) is 8.27. The van der Waals surface area contributed by atoms with Gasteiger partial charge in [0.1, 0.15) is 11.5 Å². The monoisotopic (exact) mass is 462 g/mol. The maximum Gasteiger partial charge on any atom is 0.224 e. The largest absolute Gasteiger partial charge is 0.399 e. The molecule has 3 aromatic rings. The van der Waals surface area contributed by atoms with Crippen LogP contribution in [0.3, 0.4) is 0 Å². The van der Waals surface area contributed by atoms with Gasteiger partial charge in [0.15, 0.2) is 0 Å². The lowest BCUT2D eigenvalue weighted by molar-refractivity contribution is -0.120. The van der Waals surface area contributed by atoms with Crippen molar-refractivity contribution < 1.29 is 4.79 Å². The van der Waals surface area contributed by atoms with Gasteiger partial charge in [0.25, 0.3) is 0 Å². The van der Waals surface area contributed by atoms with Gasteiger partial charge in [0.05, 0.1) is 12.1 Å². The molecule has 10 nitrogen and oxygen atoms in total. The number of nitrogens with two attached hydrogens (primary N) is 3. The molecule has 0 unspecified atom stereocenters. The summed E-state index contributed by atoms with van der Waals surface area (Å²) < 4.78 is 1.78. The molecule has 0 bridgehead atoms. The molecular formula is C24H30N8O2. The van der Waals surface area contributed by atoms with E-state index in [1.54, 1.807) is 79.4 Å². The summed E-state index contributed by atoms with van der Waals surface area (Å²) in [6.07, 6.45) is 1.54. The minimum Gasteiger partial charge on any atom is -0.399 e. The zero-order chi connectivity index (χ0) is 25.0. The van der Waals surface area contributed by atoms with E-state index in [2.05, 4.69) is 10.7 Å². The Balaban J connectivity index is 1.94. The molecule has 10 heteroatoms. The van der Waals surface area contributed by atoms with Crippen molar-refractivity contribution in [3.8, 4) is 11.3 Å². The molecule has 1 amide bonds. The minimum absolute atomic E-state index is 0.0210. The SMILES string of the molecule is CN(C)Nc1cn(C)c(-c2cc(N)cc(N)c2)c(CC(=O)NCc2ccc(C(=N)N)cc2)c1=O. The van der Waals surface area contributed by atoms with Crippen LogP contribution >= 0.6 is 0 Å². The van der Waals surface area contributed by atoms with Gasteiger partial charge in [-0.1, -0.05) is 24.3 Å². The molecule has 34 heavy (non-hydrogen) atoms. The van der Waals surface area contributed by atoms with Gasteiger partial charge in [-0.2, -0.15) is 0 Å². The number of rotatable bonds is 8. The number of benzene rings is 2. The van der Waals surface area contributed by atoms with Crippen LogP contribution in [0.25, 0.3) is 11.3 Å². The maximum absolute atomic E-state index is 13.4. The van der Waals surface area contributed by atoms with Crippen LogP contribution in [-0.4, -0.2) is 35.4 Å². The molecule has 0 spiro atoms. The molecule has 3 rings (SSSR count). The lowest BCUT2D eigenvalue weighted by atomic mass is 10.00. The number of amidine groups is 1. The Hall–Kier alpha value is -4.31. The van der Waals surface area contributed by atoms with Crippen LogP contribution in [0.4, 0.5) is 17.1 Å². The molecule has 1 heterocycles. The topological polar surface area (TPSA) is 168 Å². The van der Waals surface area contributed by atoms with Gasteiger partial charge in [-0.05, 0) is 23.8 Å². The standard InChI is InChI=1S/C24H30N8O2/c1-31(2)30-20-13-32(3)22(16-8-17(25)10-18(26)9-16)19(23(20)34)11-21(33)29-12-14-4-6-15(7-5-14)24(27)28/h4-10,13,30H,11-12,25-26H2,1-3H3,(H3,27,28)(H,29,33). The van der Waals surface area contributed by atoms with Crippen molar-refractivity contribution in [3.63, 3.8) is 0 Å². The van der Waals surface area contributed by atoms with Gasteiger partial charge in [-0.3, -0.25) is 15.0 Å². The predicted molar refractivity (Wildman–Crippen MR) is 136 cm³/mol. The molecule has 0 aliphatic rings. The molecule has 0 aliphatic heterocycles. The fourth-order valence-electron chi connectivity index (χ4n) is 3.70. The Labute approximate surface area is 197 Å². The van der Waals surface area contributed by atoms with E-state index in [4.69, 9.17) is 22.6 Å². The summed E-state index contributed by atoms with van der Waals surface area (Å²) in [5.74, 6) is -0.333. The Bertz CT molecular complexity index is 1260. The third-order valence-electron chi connectivity index (χ3n) is 5.17. The Morgan fingerprint density at radius 2 is 1.71 bits per heavy atom. The quantitative estimate of drug-likeness (QED) is 0.127. The van der Waals surface area contributed by atoms with Crippen molar-refractivity contribution in [2.45, 2.75) is 13.0 Å². The van der Waals surface area contributed by atoms with Crippen molar-refractivity contribution in [1.29, 1.82) is 5.41 Å². The first-order valence-corrected chi connectivity index (χ1v) is 10.6. The van der Waals surface area contributed by atoms with Gasteiger partial charge in [0.2, 0.25) is 11.3 Å². The Morgan fingerprint density at radius 3 is 2.26 bits per heavy atom. The molecule has 0 atom stereocenters. The van der Waals surface area contributed by atoms with Gasteiger partial charge in [0, 0.05) is 61.9 Å². The number of hydrogen-bond acceptors (Lipinski definition) is 7. The Morgan fingerprint density at radius 1 is 1.09 bits per heavy atom. The molecule has 178 valence electrons. The van der Waals surface area contributed by atoms with Crippen molar-refractivity contribution in [2.75, 3.05) is 31.0 Å². The second kappa shape index (κ2) is 10.1. The number of nitrogen functional groups attached to an aromatic ring is 3. The van der Waals surface area contributed by atoms with Crippen LogP contribution in [0.15, 0.2) is 53.5 Å². The van der Waals surface area contributed by atoms with Crippen LogP contribution in [0.1, 0.15) is 16.7 Å². The highest BCUT2D eigenvalue weighted by Crippen LogP contribution is 2.27. The molecule has 0 saturated carbocycles. The maximum atomic E-state index is 13.4. The first kappa shape index (κ1) is 24.3. The van der Waals surface area contributed by atoms with E-state index in [1.165, 1.54) is 0 Å². The smallest absolute Gasteiger partial charge is 0.224 e. The lowest BCUT2D eigenvalue weighted by Crippen LogP contribution is -2.31. The molecule has 1 aromatic heterocycles.